The second kappa shape index (κ2) is 6.90. The van der Waals surface area contributed by atoms with E-state index in [9.17, 15) is 4.79 Å². The van der Waals surface area contributed by atoms with E-state index in [4.69, 9.17) is 0 Å². The summed E-state index contributed by atoms with van der Waals surface area (Å²) in [6, 6.07) is 16.0. The molecule has 0 radical (unpaired) electrons. The first-order valence-corrected chi connectivity index (χ1v) is 8.87. The molecule has 0 bridgehead atoms. The first-order chi connectivity index (χ1) is 10.8. The maximum Gasteiger partial charge on any atom is 0.214 e. The van der Waals surface area contributed by atoms with Crippen LogP contribution in [0.4, 0.5) is 0 Å². The van der Waals surface area contributed by atoms with Gasteiger partial charge in [0.2, 0.25) is 5.78 Å². The number of rotatable bonds is 5. The lowest BCUT2D eigenvalue weighted by atomic mass is 10.2. The molecule has 2 aromatic carbocycles. The number of aromatic nitrogens is 1. The summed E-state index contributed by atoms with van der Waals surface area (Å²) in [5.74, 6) is 0.991. The van der Waals surface area contributed by atoms with Crippen LogP contribution < -0.4 is 0 Å². The van der Waals surface area contributed by atoms with Crippen molar-refractivity contribution in [3.63, 3.8) is 0 Å². The first-order valence-electron chi connectivity index (χ1n) is 7.07. The molecule has 0 aliphatic heterocycles. The van der Waals surface area contributed by atoms with Gasteiger partial charge in [-0.15, -0.1) is 23.1 Å². The summed E-state index contributed by atoms with van der Waals surface area (Å²) in [4.78, 5) is 17.9. The molecule has 0 spiro atoms. The van der Waals surface area contributed by atoms with Gasteiger partial charge >= 0.3 is 0 Å². The number of hydrogen-bond acceptors (Lipinski definition) is 4. The van der Waals surface area contributed by atoms with Crippen LogP contribution >= 0.6 is 23.1 Å². The van der Waals surface area contributed by atoms with Crippen LogP contribution in [0.3, 0.4) is 0 Å². The summed E-state index contributed by atoms with van der Waals surface area (Å²) in [7, 11) is 0. The van der Waals surface area contributed by atoms with E-state index in [1.54, 1.807) is 17.8 Å². The highest BCUT2D eigenvalue weighted by molar-refractivity contribution is 7.99. The Morgan fingerprint density at radius 2 is 2.05 bits per heavy atom. The number of carbonyl (C=O) groups is 1. The lowest BCUT2D eigenvalue weighted by Crippen LogP contribution is -1.91. The molecule has 0 aliphatic carbocycles. The Kier molecular flexibility index (Phi) is 4.71. The molecular weight excluding hydrogens is 310 g/mol. The van der Waals surface area contributed by atoms with Gasteiger partial charge in [0, 0.05) is 4.90 Å². The number of carbonyl (C=O) groups excluding carboxylic acids is 1. The van der Waals surface area contributed by atoms with Crippen molar-refractivity contribution in [3.05, 3.63) is 65.2 Å². The molecule has 3 aromatic rings. The minimum absolute atomic E-state index is 0.0465. The number of ketones is 1. The monoisotopic (exact) mass is 325 g/mol. The van der Waals surface area contributed by atoms with Crippen LogP contribution in [0.2, 0.25) is 0 Å². The van der Waals surface area contributed by atoms with Gasteiger partial charge < -0.3 is 0 Å². The Labute approximate surface area is 137 Å². The predicted molar refractivity (Wildman–Crippen MR) is 95.8 cm³/mol. The van der Waals surface area contributed by atoms with Gasteiger partial charge in [-0.05, 0) is 35.6 Å². The molecule has 110 valence electrons. The van der Waals surface area contributed by atoms with Crippen LogP contribution in [0, 0.1) is 0 Å². The number of fused-ring (bicyclic) bond motifs is 1. The predicted octanol–water partition coefficient (Wildman–Crippen LogP) is 5.30. The minimum Gasteiger partial charge on any atom is -0.287 e. The third-order valence-electron chi connectivity index (χ3n) is 3.11. The largest absolute Gasteiger partial charge is 0.287 e. The zero-order valence-corrected chi connectivity index (χ0v) is 13.8. The average molecular weight is 325 g/mol. The summed E-state index contributed by atoms with van der Waals surface area (Å²) >= 11 is 3.25. The van der Waals surface area contributed by atoms with Crippen molar-refractivity contribution in [1.29, 1.82) is 0 Å². The van der Waals surface area contributed by atoms with Crippen LogP contribution in [-0.4, -0.2) is 16.5 Å². The lowest BCUT2D eigenvalue weighted by molar-refractivity contribution is 0.104. The van der Waals surface area contributed by atoms with Crippen LogP contribution in [-0.2, 0) is 0 Å². The Balaban J connectivity index is 1.83. The number of thioether (sulfide) groups is 1. The number of nitrogens with zero attached hydrogens (tertiary/aromatic N) is 1. The van der Waals surface area contributed by atoms with Gasteiger partial charge in [0.1, 0.15) is 0 Å². The van der Waals surface area contributed by atoms with Gasteiger partial charge in [-0.25, -0.2) is 4.98 Å². The Bertz CT molecular complexity index is 821. The van der Waals surface area contributed by atoms with Crippen molar-refractivity contribution < 1.29 is 4.79 Å². The van der Waals surface area contributed by atoms with Crippen molar-refractivity contribution in [1.82, 2.24) is 4.98 Å². The molecule has 0 saturated heterocycles. The second-order valence-electron chi connectivity index (χ2n) is 4.69. The Morgan fingerprint density at radius 3 is 2.82 bits per heavy atom. The van der Waals surface area contributed by atoms with Crippen molar-refractivity contribution in [2.24, 2.45) is 0 Å². The molecule has 0 unspecified atom stereocenters. The van der Waals surface area contributed by atoms with Gasteiger partial charge in [0.15, 0.2) is 5.01 Å². The molecule has 0 fully saturated rings. The van der Waals surface area contributed by atoms with Crippen molar-refractivity contribution >= 4 is 45.2 Å². The van der Waals surface area contributed by atoms with E-state index < -0.39 is 0 Å². The van der Waals surface area contributed by atoms with Crippen molar-refractivity contribution in [2.45, 2.75) is 11.8 Å². The molecule has 0 aliphatic rings. The highest BCUT2D eigenvalue weighted by atomic mass is 32.2. The molecule has 22 heavy (non-hydrogen) atoms. The van der Waals surface area contributed by atoms with Gasteiger partial charge in [-0.2, -0.15) is 0 Å². The molecule has 4 heteroatoms. The highest BCUT2D eigenvalue weighted by Crippen LogP contribution is 2.28. The summed E-state index contributed by atoms with van der Waals surface area (Å²) in [6.45, 7) is 2.13. The standard InChI is InChI=1S/C18H15NOS2/c1-2-21-14-9-10-15-17(12-14)22-18(19-15)16(20)11-8-13-6-4-3-5-7-13/h3-12H,2H2,1H3/b11-8+. The van der Waals surface area contributed by atoms with Gasteiger partial charge in [0.25, 0.3) is 0 Å². The summed E-state index contributed by atoms with van der Waals surface area (Å²) in [5, 5.41) is 0.542. The van der Waals surface area contributed by atoms with E-state index in [2.05, 4.69) is 24.0 Å². The van der Waals surface area contributed by atoms with Crippen molar-refractivity contribution in [3.8, 4) is 0 Å². The van der Waals surface area contributed by atoms with Gasteiger partial charge in [-0.3, -0.25) is 4.79 Å². The molecule has 1 aromatic heterocycles. The topological polar surface area (TPSA) is 30.0 Å². The van der Waals surface area contributed by atoms with Crippen LogP contribution in [0.5, 0.6) is 0 Å². The van der Waals surface area contributed by atoms with Crippen LogP contribution in [0.15, 0.2) is 59.5 Å². The molecule has 1 heterocycles. The Hall–Kier alpha value is -1.91. The second-order valence-corrected chi connectivity index (χ2v) is 7.06. The molecule has 0 saturated carbocycles. The van der Waals surface area contributed by atoms with E-state index in [0.29, 0.717) is 5.01 Å². The van der Waals surface area contributed by atoms with E-state index in [1.165, 1.54) is 16.2 Å². The van der Waals surface area contributed by atoms with Crippen LogP contribution in [0.25, 0.3) is 16.3 Å². The number of thiazole rings is 1. The average Bonchev–Trinajstić information content (AvgIpc) is 2.97. The molecule has 0 atom stereocenters. The summed E-state index contributed by atoms with van der Waals surface area (Å²) in [5.41, 5.74) is 1.90. The smallest absolute Gasteiger partial charge is 0.214 e. The summed E-state index contributed by atoms with van der Waals surface area (Å²) in [6.07, 6.45) is 3.42. The molecule has 2 nitrogen and oxygen atoms in total. The number of hydrogen-bond donors (Lipinski definition) is 0. The van der Waals surface area contributed by atoms with Crippen molar-refractivity contribution in [2.75, 3.05) is 5.75 Å². The van der Waals surface area contributed by atoms with E-state index in [1.807, 2.05) is 42.5 Å². The number of allylic oxidation sites excluding steroid dienone is 1. The maximum atomic E-state index is 12.3. The quantitative estimate of drug-likeness (QED) is 0.362. The Morgan fingerprint density at radius 1 is 1.23 bits per heavy atom. The van der Waals surface area contributed by atoms with E-state index in [0.717, 1.165) is 21.5 Å². The molecule has 0 N–H and O–H groups in total. The molecular formula is C18H15NOS2. The fourth-order valence-corrected chi connectivity index (χ4v) is 3.77. The van der Waals surface area contributed by atoms with Crippen LogP contribution in [0.1, 0.15) is 22.3 Å². The molecule has 0 amide bonds. The fraction of sp³-hybridized carbons (Fsp3) is 0.111. The molecule has 3 rings (SSSR count). The lowest BCUT2D eigenvalue weighted by Gasteiger charge is -1.96. The highest BCUT2D eigenvalue weighted by Gasteiger charge is 2.10. The maximum absolute atomic E-state index is 12.3. The zero-order valence-electron chi connectivity index (χ0n) is 12.2. The fourth-order valence-electron chi connectivity index (χ4n) is 2.07. The summed E-state index contributed by atoms with van der Waals surface area (Å²) < 4.78 is 1.06. The van der Waals surface area contributed by atoms with E-state index in [-0.39, 0.29) is 5.78 Å². The normalized spacial score (nSPS) is 11.3. The number of benzene rings is 2. The van der Waals surface area contributed by atoms with Gasteiger partial charge in [0.05, 0.1) is 10.2 Å². The minimum atomic E-state index is -0.0465. The third kappa shape index (κ3) is 3.46. The third-order valence-corrected chi connectivity index (χ3v) is 5.02. The zero-order chi connectivity index (χ0) is 15.4. The first kappa shape index (κ1) is 15.0. The van der Waals surface area contributed by atoms with Gasteiger partial charge in [-0.1, -0.05) is 43.3 Å². The van der Waals surface area contributed by atoms with E-state index >= 15 is 0 Å². The SMILES string of the molecule is CCSc1ccc2nc(C(=O)/C=C/c3ccccc3)sc2c1.